The van der Waals surface area contributed by atoms with Gasteiger partial charge in [0.2, 0.25) is 5.78 Å². The molecule has 0 aromatic heterocycles. The van der Waals surface area contributed by atoms with Gasteiger partial charge >= 0.3 is 5.97 Å². The summed E-state index contributed by atoms with van der Waals surface area (Å²) in [4.78, 5) is 23.1. The normalized spacial score (nSPS) is 11.2. The Bertz CT molecular complexity index is 641. The first-order chi connectivity index (χ1) is 10.4. The van der Waals surface area contributed by atoms with Crippen molar-refractivity contribution in [2.75, 3.05) is 13.2 Å². The predicted octanol–water partition coefficient (Wildman–Crippen LogP) is 2.24. The summed E-state index contributed by atoms with van der Waals surface area (Å²) in [5, 5.41) is 9.22. The predicted molar refractivity (Wildman–Crippen MR) is 80.4 cm³/mol. The van der Waals surface area contributed by atoms with Crippen molar-refractivity contribution in [3.63, 3.8) is 0 Å². The van der Waals surface area contributed by atoms with Gasteiger partial charge in [0.1, 0.15) is 11.6 Å². The molecule has 0 radical (unpaired) electrons. The zero-order valence-electron chi connectivity index (χ0n) is 11.6. The van der Waals surface area contributed by atoms with Crippen LogP contribution in [0.25, 0.3) is 0 Å². The van der Waals surface area contributed by atoms with Crippen molar-refractivity contribution in [3.05, 3.63) is 39.5 Å². The molecule has 116 valence electrons. The molecule has 0 fully saturated rings. The molecule has 1 aromatic carbocycles. The number of nitrogens with zero attached hydrogens (tertiary/aromatic N) is 1. The Labute approximate surface area is 137 Å². The number of ketones is 1. The SMILES string of the molecule is C/C(N)=C(/C#N)C(=O)COC(=O)COc1c(Cl)cccc1Cl. The monoisotopic (exact) mass is 342 g/mol. The molecule has 22 heavy (non-hydrogen) atoms. The molecular weight excluding hydrogens is 331 g/mol. The molecule has 0 unspecified atom stereocenters. The average molecular weight is 343 g/mol. The number of carbonyl (C=O) groups is 2. The fraction of sp³-hybridized carbons (Fsp3) is 0.214. The Hall–Kier alpha value is -2.23. The van der Waals surface area contributed by atoms with Gasteiger partial charge in [-0.2, -0.15) is 5.26 Å². The molecule has 0 spiro atoms. The fourth-order valence-corrected chi connectivity index (χ4v) is 1.89. The molecule has 6 nitrogen and oxygen atoms in total. The number of hydrogen-bond acceptors (Lipinski definition) is 6. The van der Waals surface area contributed by atoms with Gasteiger partial charge in [0.15, 0.2) is 19.0 Å². The maximum absolute atomic E-state index is 11.6. The maximum atomic E-state index is 11.6. The number of halogens is 2. The molecule has 0 saturated heterocycles. The summed E-state index contributed by atoms with van der Waals surface area (Å²) in [6, 6.07) is 6.36. The van der Waals surface area contributed by atoms with Crippen LogP contribution in [-0.2, 0) is 14.3 Å². The van der Waals surface area contributed by atoms with Crippen LogP contribution in [0.3, 0.4) is 0 Å². The third kappa shape index (κ3) is 4.95. The summed E-state index contributed by atoms with van der Waals surface area (Å²) < 4.78 is 9.84. The van der Waals surface area contributed by atoms with E-state index in [1.54, 1.807) is 24.3 Å². The Morgan fingerprint density at radius 1 is 1.27 bits per heavy atom. The van der Waals surface area contributed by atoms with Gasteiger partial charge in [0.25, 0.3) is 0 Å². The number of carbonyl (C=O) groups excluding carboxylic acids is 2. The van der Waals surface area contributed by atoms with Crippen LogP contribution in [0.4, 0.5) is 0 Å². The number of hydrogen-bond donors (Lipinski definition) is 1. The van der Waals surface area contributed by atoms with Crippen molar-refractivity contribution in [1.82, 2.24) is 0 Å². The lowest BCUT2D eigenvalue weighted by Crippen LogP contribution is -2.21. The highest BCUT2D eigenvalue weighted by Crippen LogP contribution is 2.32. The molecule has 0 saturated carbocycles. The highest BCUT2D eigenvalue weighted by atomic mass is 35.5. The standard InChI is InChI=1S/C14H12Cl2N2O4/c1-8(18)9(5-17)12(19)6-21-13(20)7-22-14-10(15)3-2-4-11(14)16/h2-4H,6-7,18H2,1H3/b9-8+. The number of para-hydroxylation sites is 1. The van der Waals surface area contributed by atoms with Crippen LogP contribution in [-0.4, -0.2) is 25.0 Å². The molecule has 0 heterocycles. The molecule has 0 amide bonds. The van der Waals surface area contributed by atoms with Crippen molar-refractivity contribution < 1.29 is 19.1 Å². The van der Waals surface area contributed by atoms with Gasteiger partial charge in [-0.25, -0.2) is 4.79 Å². The second kappa shape index (κ2) is 8.27. The van der Waals surface area contributed by atoms with Crippen molar-refractivity contribution >= 4 is 35.0 Å². The van der Waals surface area contributed by atoms with Gasteiger partial charge in [-0.05, 0) is 19.1 Å². The van der Waals surface area contributed by atoms with E-state index in [0.29, 0.717) is 0 Å². The Morgan fingerprint density at radius 3 is 2.36 bits per heavy atom. The molecule has 0 atom stereocenters. The number of allylic oxidation sites excluding steroid dienone is 1. The van der Waals surface area contributed by atoms with Gasteiger partial charge < -0.3 is 15.2 Å². The number of nitrogens with two attached hydrogens (primary N) is 1. The van der Waals surface area contributed by atoms with E-state index in [1.165, 1.54) is 6.92 Å². The number of ether oxygens (including phenoxy) is 2. The van der Waals surface area contributed by atoms with Crippen LogP contribution >= 0.6 is 23.2 Å². The van der Waals surface area contributed by atoms with Gasteiger partial charge in [-0.3, -0.25) is 4.79 Å². The maximum Gasteiger partial charge on any atom is 0.344 e. The Balaban J connectivity index is 2.54. The first-order valence-corrected chi connectivity index (χ1v) is 6.74. The van der Waals surface area contributed by atoms with E-state index in [0.717, 1.165) is 0 Å². The quantitative estimate of drug-likeness (QED) is 0.483. The van der Waals surface area contributed by atoms with Gasteiger partial charge in [0.05, 0.1) is 10.0 Å². The minimum absolute atomic E-state index is 0.0580. The van der Waals surface area contributed by atoms with E-state index in [-0.39, 0.29) is 27.1 Å². The number of benzene rings is 1. The summed E-state index contributed by atoms with van der Waals surface area (Å²) >= 11 is 11.7. The minimum atomic E-state index is -0.809. The van der Waals surface area contributed by atoms with Crippen molar-refractivity contribution in [1.29, 1.82) is 5.26 Å². The molecule has 0 aliphatic carbocycles. The highest BCUT2D eigenvalue weighted by Gasteiger charge is 2.15. The lowest BCUT2D eigenvalue weighted by atomic mass is 10.1. The van der Waals surface area contributed by atoms with E-state index in [1.807, 2.05) is 0 Å². The second-order valence-electron chi connectivity index (χ2n) is 4.09. The molecule has 8 heteroatoms. The van der Waals surface area contributed by atoms with E-state index in [4.69, 9.17) is 43.7 Å². The third-order valence-corrected chi connectivity index (χ3v) is 3.00. The topological polar surface area (TPSA) is 102 Å². The van der Waals surface area contributed by atoms with E-state index in [2.05, 4.69) is 0 Å². The largest absolute Gasteiger partial charge is 0.479 e. The minimum Gasteiger partial charge on any atom is -0.479 e. The number of Topliss-reactive ketones (excluding diaryl/α,β-unsaturated/α-hetero) is 1. The van der Waals surface area contributed by atoms with Gasteiger partial charge in [-0.15, -0.1) is 0 Å². The smallest absolute Gasteiger partial charge is 0.344 e. The fourth-order valence-electron chi connectivity index (χ4n) is 1.38. The van der Waals surface area contributed by atoms with Gasteiger partial charge in [-0.1, -0.05) is 29.3 Å². The first kappa shape index (κ1) is 17.8. The summed E-state index contributed by atoms with van der Waals surface area (Å²) in [6.45, 7) is 0.320. The Kier molecular flexibility index (Phi) is 6.70. The number of nitriles is 1. The molecule has 1 rings (SSSR count). The summed E-state index contributed by atoms with van der Waals surface area (Å²) in [7, 11) is 0. The zero-order chi connectivity index (χ0) is 16.7. The summed E-state index contributed by atoms with van der Waals surface area (Å²) in [5.41, 5.74) is 5.17. The molecular formula is C14H12Cl2N2O4. The van der Waals surface area contributed by atoms with Crippen LogP contribution in [0.1, 0.15) is 6.92 Å². The van der Waals surface area contributed by atoms with Crippen LogP contribution < -0.4 is 10.5 Å². The van der Waals surface area contributed by atoms with Crippen LogP contribution in [0.15, 0.2) is 29.5 Å². The molecule has 2 N–H and O–H groups in total. The van der Waals surface area contributed by atoms with Crippen LogP contribution in [0, 0.1) is 11.3 Å². The lowest BCUT2D eigenvalue weighted by molar-refractivity contribution is -0.149. The van der Waals surface area contributed by atoms with Crippen LogP contribution in [0.2, 0.25) is 10.0 Å². The number of esters is 1. The van der Waals surface area contributed by atoms with Gasteiger partial charge in [0, 0.05) is 5.70 Å². The average Bonchev–Trinajstić information content (AvgIpc) is 2.45. The molecule has 1 aromatic rings. The molecule has 0 bridgehead atoms. The van der Waals surface area contributed by atoms with E-state index >= 15 is 0 Å². The summed E-state index contributed by atoms with van der Waals surface area (Å²) in [6.07, 6.45) is 0. The van der Waals surface area contributed by atoms with Crippen molar-refractivity contribution in [2.45, 2.75) is 6.92 Å². The van der Waals surface area contributed by atoms with E-state index < -0.39 is 25.0 Å². The molecule has 0 aliphatic heterocycles. The Morgan fingerprint density at radius 2 is 1.86 bits per heavy atom. The number of rotatable bonds is 6. The second-order valence-corrected chi connectivity index (χ2v) is 4.91. The first-order valence-electron chi connectivity index (χ1n) is 5.99. The highest BCUT2D eigenvalue weighted by molar-refractivity contribution is 6.37. The van der Waals surface area contributed by atoms with Crippen LogP contribution in [0.5, 0.6) is 5.75 Å². The van der Waals surface area contributed by atoms with Crippen molar-refractivity contribution in [3.8, 4) is 11.8 Å². The summed E-state index contributed by atoms with van der Waals surface area (Å²) in [5.74, 6) is -1.35. The van der Waals surface area contributed by atoms with Crippen molar-refractivity contribution in [2.24, 2.45) is 5.73 Å². The van der Waals surface area contributed by atoms with E-state index in [9.17, 15) is 9.59 Å². The molecule has 0 aliphatic rings. The third-order valence-electron chi connectivity index (χ3n) is 2.40. The lowest BCUT2D eigenvalue weighted by Gasteiger charge is -2.09. The zero-order valence-corrected chi connectivity index (χ0v) is 13.1.